The van der Waals surface area contributed by atoms with E-state index in [1.165, 1.54) is 167 Å². The first-order chi connectivity index (χ1) is 47.2. The third-order valence-electron chi connectivity index (χ3n) is 17.8. The Hall–Kier alpha value is -2.46. The Morgan fingerprint density at radius 2 is 0.551 bits per heavy atom. The van der Waals surface area contributed by atoms with Gasteiger partial charge in [-0.15, -0.1) is 0 Å². The van der Waals surface area contributed by atoms with Crippen molar-refractivity contribution in [2.45, 2.75) is 401 Å². The van der Waals surface area contributed by atoms with Crippen LogP contribution in [0.5, 0.6) is 0 Å². The molecule has 0 radical (unpaired) electrons. The van der Waals surface area contributed by atoms with E-state index in [9.17, 15) is 43.2 Å². The molecule has 0 fully saturated rings. The van der Waals surface area contributed by atoms with Gasteiger partial charge in [-0.25, -0.2) is 9.13 Å². The van der Waals surface area contributed by atoms with Crippen LogP contribution in [0.3, 0.4) is 0 Å². The first-order valence-corrected chi connectivity index (χ1v) is 43.2. The third kappa shape index (κ3) is 71.9. The van der Waals surface area contributed by atoms with E-state index >= 15 is 0 Å². The highest BCUT2D eigenvalue weighted by Crippen LogP contribution is 2.45. The summed E-state index contributed by atoms with van der Waals surface area (Å²) < 4.78 is 68.6. The molecule has 0 aromatic carbocycles. The number of hydrogen-bond acceptors (Lipinski definition) is 15. The lowest BCUT2D eigenvalue weighted by atomic mass is 10.0. The topological polar surface area (TPSA) is 237 Å². The van der Waals surface area contributed by atoms with E-state index in [4.69, 9.17) is 37.0 Å². The van der Waals surface area contributed by atoms with Crippen LogP contribution in [0.1, 0.15) is 382 Å². The highest BCUT2D eigenvalue weighted by molar-refractivity contribution is 7.47. The number of rotatable bonds is 75. The lowest BCUT2D eigenvalue weighted by Gasteiger charge is -2.21. The number of unbranched alkanes of at least 4 members (excludes halogenated alkanes) is 40. The summed E-state index contributed by atoms with van der Waals surface area (Å²) in [5.41, 5.74) is 0. The number of aliphatic hydroxyl groups excluding tert-OH is 1. The fourth-order valence-electron chi connectivity index (χ4n) is 11.6. The maximum Gasteiger partial charge on any atom is 0.472 e. The number of aliphatic hydroxyl groups is 1. The van der Waals surface area contributed by atoms with Crippen LogP contribution in [0.25, 0.3) is 0 Å². The molecule has 0 aromatic heterocycles. The van der Waals surface area contributed by atoms with E-state index in [0.717, 1.165) is 127 Å². The van der Waals surface area contributed by atoms with Crippen LogP contribution >= 0.6 is 15.6 Å². The summed E-state index contributed by atoms with van der Waals surface area (Å²) in [6.45, 7) is 11.8. The van der Waals surface area contributed by atoms with Gasteiger partial charge in [0.05, 0.1) is 26.4 Å². The van der Waals surface area contributed by atoms with Crippen molar-refractivity contribution in [1.82, 2.24) is 0 Å². The van der Waals surface area contributed by atoms with E-state index in [-0.39, 0.29) is 25.7 Å². The molecule has 2 unspecified atom stereocenters. The first-order valence-electron chi connectivity index (χ1n) is 40.2. The van der Waals surface area contributed by atoms with Crippen molar-refractivity contribution in [3.63, 3.8) is 0 Å². The van der Waals surface area contributed by atoms with E-state index in [2.05, 4.69) is 72.8 Å². The summed E-state index contributed by atoms with van der Waals surface area (Å²) in [5.74, 6) is 0.118. The van der Waals surface area contributed by atoms with Gasteiger partial charge in [-0.2, -0.15) is 0 Å². The molecule has 19 heteroatoms. The van der Waals surface area contributed by atoms with Gasteiger partial charge in [0, 0.05) is 25.7 Å². The van der Waals surface area contributed by atoms with Crippen LogP contribution < -0.4 is 0 Å². The first kappa shape index (κ1) is 95.5. The number of ether oxygens (including phenoxy) is 4. The molecule has 578 valence electrons. The Kier molecular flexibility index (Phi) is 67.2. The molecular weight excluding hydrogens is 1280 g/mol. The number of carbonyl (C=O) groups excluding carboxylic acids is 4. The predicted octanol–water partition coefficient (Wildman–Crippen LogP) is 22.9. The molecule has 0 bridgehead atoms. The molecule has 0 saturated carbocycles. The number of phosphoric acid groups is 2. The van der Waals surface area contributed by atoms with Crippen LogP contribution in [-0.4, -0.2) is 96.7 Å². The maximum absolute atomic E-state index is 13.1. The van der Waals surface area contributed by atoms with E-state index in [1.807, 2.05) is 0 Å². The van der Waals surface area contributed by atoms with Crippen molar-refractivity contribution < 1.29 is 80.2 Å². The molecule has 17 nitrogen and oxygen atoms in total. The number of allylic oxidation sites excluding steroid dienone is 4. The van der Waals surface area contributed by atoms with Gasteiger partial charge in [-0.3, -0.25) is 37.3 Å². The second kappa shape index (κ2) is 68.9. The fraction of sp³-hybridized carbons (Fsp3) is 0.899. The van der Waals surface area contributed by atoms with Gasteiger partial charge in [0.1, 0.15) is 19.3 Å². The zero-order valence-corrected chi connectivity index (χ0v) is 65.5. The van der Waals surface area contributed by atoms with Crippen LogP contribution in [0.15, 0.2) is 24.3 Å². The minimum Gasteiger partial charge on any atom is -0.462 e. The number of carbonyl (C=O) groups is 4. The van der Waals surface area contributed by atoms with Gasteiger partial charge in [-0.1, -0.05) is 330 Å². The van der Waals surface area contributed by atoms with Crippen LogP contribution in [0.4, 0.5) is 0 Å². The molecule has 3 N–H and O–H groups in total. The molecule has 0 amide bonds. The Labute approximate surface area is 599 Å². The molecular formula is C79H150O17P2. The highest BCUT2D eigenvalue weighted by Gasteiger charge is 2.30. The average Bonchev–Trinajstić information content (AvgIpc) is 0.937. The van der Waals surface area contributed by atoms with E-state index in [1.54, 1.807) is 0 Å². The van der Waals surface area contributed by atoms with Gasteiger partial charge >= 0.3 is 39.5 Å². The highest BCUT2D eigenvalue weighted by atomic mass is 31.2. The molecule has 0 spiro atoms. The molecule has 0 aliphatic carbocycles. The smallest absolute Gasteiger partial charge is 0.462 e. The molecule has 0 saturated heterocycles. The molecule has 0 aliphatic heterocycles. The molecule has 0 aliphatic rings. The summed E-state index contributed by atoms with van der Waals surface area (Å²) in [4.78, 5) is 72.9. The monoisotopic (exact) mass is 1430 g/mol. The van der Waals surface area contributed by atoms with Crippen molar-refractivity contribution in [2.75, 3.05) is 39.6 Å². The largest absolute Gasteiger partial charge is 0.472 e. The summed E-state index contributed by atoms with van der Waals surface area (Å²) in [5, 5.41) is 10.6. The summed E-state index contributed by atoms with van der Waals surface area (Å²) >= 11 is 0. The summed E-state index contributed by atoms with van der Waals surface area (Å²) in [7, 11) is -9.93. The van der Waals surface area contributed by atoms with E-state index in [0.29, 0.717) is 31.6 Å². The number of phosphoric ester groups is 2. The summed E-state index contributed by atoms with van der Waals surface area (Å²) in [6.07, 6.45) is 59.2. The summed E-state index contributed by atoms with van der Waals surface area (Å²) in [6, 6.07) is 0. The van der Waals surface area contributed by atoms with Crippen LogP contribution in [0.2, 0.25) is 0 Å². The van der Waals surface area contributed by atoms with Crippen molar-refractivity contribution >= 4 is 39.5 Å². The Morgan fingerprint density at radius 1 is 0.316 bits per heavy atom. The van der Waals surface area contributed by atoms with Gasteiger partial charge in [0.25, 0.3) is 0 Å². The van der Waals surface area contributed by atoms with Crippen molar-refractivity contribution in [3.05, 3.63) is 24.3 Å². The van der Waals surface area contributed by atoms with Gasteiger partial charge < -0.3 is 33.8 Å². The Bertz CT molecular complexity index is 2000. The standard InChI is InChI=1S/C79H150O17P2/c1-8-9-10-11-12-13-14-15-17-23-28-33-38-46-53-60-76(81)89-66-74(95-78(83)62-55-48-39-34-29-24-19-16-18-21-26-31-36-43-50-57-70(2)3)68-93-97(85,86)91-64-73(80)65-92-98(87,88)94-69-75(67-90-77(82)61-54-47-42-41-45-52-59-72(6)7)96-79(84)63-56-49-40-35-30-25-20-22-27-32-37-44-51-58-71(4)5/h13-15,17,70-75,80H,8-12,16,18-69H2,1-7H3,(H,85,86)(H,87,88)/b14-13-,17-15-/t73-,74-,75-/m1/s1. The second-order valence-corrected chi connectivity index (χ2v) is 32.1. The lowest BCUT2D eigenvalue weighted by molar-refractivity contribution is -0.161. The molecule has 98 heavy (non-hydrogen) atoms. The zero-order chi connectivity index (χ0) is 72.3. The molecule has 0 rings (SSSR count). The van der Waals surface area contributed by atoms with E-state index < -0.39 is 97.5 Å². The fourth-order valence-corrected chi connectivity index (χ4v) is 13.2. The predicted molar refractivity (Wildman–Crippen MR) is 400 cm³/mol. The Morgan fingerprint density at radius 3 is 0.827 bits per heavy atom. The van der Waals surface area contributed by atoms with Crippen molar-refractivity contribution in [2.24, 2.45) is 17.8 Å². The SMILES string of the molecule is CCCCCC/C=C\C=C/CCCCCCCC(=O)OC[C@H](COP(=O)(O)OC[C@@H](O)COP(=O)(O)OC[C@@H](COC(=O)CCCCCCCCC(C)C)OC(=O)CCCCCCCCCCCCCCCC(C)C)OC(=O)CCCCCCCCCCCCCCCCCC(C)C. The molecule has 5 atom stereocenters. The van der Waals surface area contributed by atoms with Gasteiger partial charge in [0.15, 0.2) is 12.2 Å². The number of esters is 4. The minimum absolute atomic E-state index is 0.100. The average molecular weight is 1430 g/mol. The maximum atomic E-state index is 13.1. The second-order valence-electron chi connectivity index (χ2n) is 29.2. The van der Waals surface area contributed by atoms with Crippen molar-refractivity contribution in [3.8, 4) is 0 Å². The molecule has 0 heterocycles. The lowest BCUT2D eigenvalue weighted by Crippen LogP contribution is -2.30. The molecule has 0 aromatic rings. The normalized spacial score (nSPS) is 14.2. The number of hydrogen-bond donors (Lipinski definition) is 3. The minimum atomic E-state index is -4.97. The van der Waals surface area contributed by atoms with Crippen LogP contribution in [0, 0.1) is 17.8 Å². The zero-order valence-electron chi connectivity index (χ0n) is 63.7. The quantitative estimate of drug-likeness (QED) is 0.0169. The van der Waals surface area contributed by atoms with Crippen molar-refractivity contribution in [1.29, 1.82) is 0 Å². The Balaban J connectivity index is 5.26. The van der Waals surface area contributed by atoms with Gasteiger partial charge in [0.2, 0.25) is 0 Å². The van der Waals surface area contributed by atoms with Gasteiger partial charge in [-0.05, 0) is 69.1 Å². The third-order valence-corrected chi connectivity index (χ3v) is 19.7. The van der Waals surface area contributed by atoms with Crippen LogP contribution in [-0.2, 0) is 65.4 Å².